The van der Waals surface area contributed by atoms with Gasteiger partial charge in [-0.25, -0.2) is 0 Å². The number of rotatable bonds is 2. The molecular weight excluding hydrogens is 266 g/mol. The SMILES string of the molecule is Cc1c(Br)cccc1C=CN1CCOCC1. The molecule has 1 aliphatic rings. The molecule has 1 fully saturated rings. The van der Waals surface area contributed by atoms with E-state index < -0.39 is 0 Å². The summed E-state index contributed by atoms with van der Waals surface area (Å²) in [4.78, 5) is 2.30. The monoisotopic (exact) mass is 281 g/mol. The van der Waals surface area contributed by atoms with Gasteiger partial charge >= 0.3 is 0 Å². The summed E-state index contributed by atoms with van der Waals surface area (Å²) in [6, 6.07) is 6.27. The van der Waals surface area contributed by atoms with E-state index in [1.165, 1.54) is 11.1 Å². The number of halogens is 1. The second-order valence-electron chi connectivity index (χ2n) is 3.92. The molecular formula is C13H16BrNO. The number of hydrogen-bond donors (Lipinski definition) is 0. The van der Waals surface area contributed by atoms with Crippen LogP contribution >= 0.6 is 15.9 Å². The quantitative estimate of drug-likeness (QED) is 0.826. The average molecular weight is 282 g/mol. The fourth-order valence-corrected chi connectivity index (χ4v) is 2.10. The van der Waals surface area contributed by atoms with Crippen LogP contribution in [0.5, 0.6) is 0 Å². The van der Waals surface area contributed by atoms with Crippen LogP contribution in [0.4, 0.5) is 0 Å². The zero-order valence-corrected chi connectivity index (χ0v) is 11.0. The van der Waals surface area contributed by atoms with Gasteiger partial charge in [0.1, 0.15) is 0 Å². The van der Waals surface area contributed by atoms with Crippen LogP contribution in [0.15, 0.2) is 28.9 Å². The Morgan fingerprint density at radius 2 is 2.06 bits per heavy atom. The van der Waals surface area contributed by atoms with Gasteiger partial charge in [0.15, 0.2) is 0 Å². The van der Waals surface area contributed by atoms with Gasteiger partial charge in [0.2, 0.25) is 0 Å². The first-order valence-electron chi connectivity index (χ1n) is 5.52. The first kappa shape index (κ1) is 11.7. The predicted octanol–water partition coefficient (Wildman–Crippen LogP) is 3.06. The van der Waals surface area contributed by atoms with E-state index in [1.54, 1.807) is 0 Å². The standard InChI is InChI=1S/C13H16BrNO/c1-11-12(3-2-4-13(11)14)5-6-15-7-9-16-10-8-15/h2-6H,7-10H2,1H3. The summed E-state index contributed by atoms with van der Waals surface area (Å²) in [5, 5.41) is 0. The lowest BCUT2D eigenvalue weighted by Gasteiger charge is -2.25. The molecule has 0 unspecified atom stereocenters. The lowest BCUT2D eigenvalue weighted by molar-refractivity contribution is 0.0597. The highest BCUT2D eigenvalue weighted by Gasteiger charge is 2.05. The fraction of sp³-hybridized carbons (Fsp3) is 0.385. The van der Waals surface area contributed by atoms with Gasteiger partial charge in [-0.1, -0.05) is 28.1 Å². The maximum absolute atomic E-state index is 5.31. The van der Waals surface area contributed by atoms with Crippen LogP contribution in [0.1, 0.15) is 11.1 Å². The van der Waals surface area contributed by atoms with Gasteiger partial charge in [-0.3, -0.25) is 0 Å². The topological polar surface area (TPSA) is 12.5 Å². The highest BCUT2D eigenvalue weighted by molar-refractivity contribution is 9.10. The number of nitrogens with zero attached hydrogens (tertiary/aromatic N) is 1. The number of ether oxygens (including phenoxy) is 1. The van der Waals surface area contributed by atoms with Gasteiger partial charge in [0.25, 0.3) is 0 Å². The molecule has 0 aromatic heterocycles. The first-order chi connectivity index (χ1) is 7.77. The summed E-state index contributed by atoms with van der Waals surface area (Å²) >= 11 is 3.54. The molecule has 1 aromatic carbocycles. The van der Waals surface area contributed by atoms with E-state index in [-0.39, 0.29) is 0 Å². The van der Waals surface area contributed by atoms with Crippen molar-refractivity contribution in [1.29, 1.82) is 0 Å². The maximum Gasteiger partial charge on any atom is 0.0642 e. The second kappa shape index (κ2) is 5.51. The molecule has 0 N–H and O–H groups in total. The van der Waals surface area contributed by atoms with Gasteiger partial charge in [0, 0.05) is 17.6 Å². The van der Waals surface area contributed by atoms with Gasteiger partial charge in [0.05, 0.1) is 13.2 Å². The molecule has 0 saturated carbocycles. The smallest absolute Gasteiger partial charge is 0.0642 e. The van der Waals surface area contributed by atoms with E-state index >= 15 is 0 Å². The Labute approximate surface area is 105 Å². The minimum absolute atomic E-state index is 0.835. The molecule has 1 heterocycles. The molecule has 1 saturated heterocycles. The summed E-state index contributed by atoms with van der Waals surface area (Å²) in [5.74, 6) is 0. The maximum atomic E-state index is 5.31. The van der Waals surface area contributed by atoms with Gasteiger partial charge in [-0.05, 0) is 36.4 Å². The summed E-state index contributed by atoms with van der Waals surface area (Å²) in [5.41, 5.74) is 2.55. The summed E-state index contributed by atoms with van der Waals surface area (Å²) in [6.45, 7) is 5.78. The third kappa shape index (κ3) is 2.86. The van der Waals surface area contributed by atoms with Crippen LogP contribution in [0, 0.1) is 6.92 Å². The number of morpholine rings is 1. The van der Waals surface area contributed by atoms with E-state index in [0.29, 0.717) is 0 Å². The molecule has 1 aromatic rings. The van der Waals surface area contributed by atoms with E-state index in [9.17, 15) is 0 Å². The predicted molar refractivity (Wildman–Crippen MR) is 70.3 cm³/mol. The molecule has 0 bridgehead atoms. The molecule has 0 radical (unpaired) electrons. The van der Waals surface area contributed by atoms with E-state index in [4.69, 9.17) is 4.74 Å². The molecule has 86 valence electrons. The van der Waals surface area contributed by atoms with Crippen molar-refractivity contribution in [3.63, 3.8) is 0 Å². The molecule has 2 nitrogen and oxygen atoms in total. The highest BCUT2D eigenvalue weighted by atomic mass is 79.9. The third-order valence-corrected chi connectivity index (χ3v) is 3.68. The van der Waals surface area contributed by atoms with Crippen molar-refractivity contribution in [2.24, 2.45) is 0 Å². The van der Waals surface area contributed by atoms with Crippen molar-refractivity contribution in [3.8, 4) is 0 Å². The number of hydrogen-bond acceptors (Lipinski definition) is 2. The van der Waals surface area contributed by atoms with Crippen LogP contribution in [0.3, 0.4) is 0 Å². The summed E-state index contributed by atoms with van der Waals surface area (Å²) < 4.78 is 6.48. The minimum Gasteiger partial charge on any atom is -0.378 e. The van der Waals surface area contributed by atoms with Crippen LogP contribution < -0.4 is 0 Å². The lowest BCUT2D eigenvalue weighted by Crippen LogP contribution is -2.31. The molecule has 1 aliphatic heterocycles. The minimum atomic E-state index is 0.835. The van der Waals surface area contributed by atoms with Gasteiger partial charge in [-0.2, -0.15) is 0 Å². The lowest BCUT2D eigenvalue weighted by atomic mass is 10.1. The van der Waals surface area contributed by atoms with E-state index in [1.807, 2.05) is 0 Å². The Morgan fingerprint density at radius 3 is 2.81 bits per heavy atom. The average Bonchev–Trinajstić information content (AvgIpc) is 2.32. The Kier molecular flexibility index (Phi) is 4.02. The molecule has 0 amide bonds. The Balaban J connectivity index is 2.07. The van der Waals surface area contributed by atoms with Crippen molar-refractivity contribution in [2.45, 2.75) is 6.92 Å². The van der Waals surface area contributed by atoms with Crippen molar-refractivity contribution in [3.05, 3.63) is 40.0 Å². The van der Waals surface area contributed by atoms with Crippen molar-refractivity contribution in [1.82, 2.24) is 4.90 Å². The largest absolute Gasteiger partial charge is 0.378 e. The number of benzene rings is 1. The third-order valence-electron chi connectivity index (χ3n) is 2.82. The Hall–Kier alpha value is -0.800. The Morgan fingerprint density at radius 1 is 1.31 bits per heavy atom. The van der Waals surface area contributed by atoms with Crippen LogP contribution in [0.25, 0.3) is 6.08 Å². The van der Waals surface area contributed by atoms with E-state index in [2.05, 4.69) is 58.2 Å². The van der Waals surface area contributed by atoms with Crippen molar-refractivity contribution < 1.29 is 4.74 Å². The van der Waals surface area contributed by atoms with E-state index in [0.717, 1.165) is 30.8 Å². The Bertz CT molecular complexity index is 384. The van der Waals surface area contributed by atoms with Crippen LogP contribution in [0.2, 0.25) is 0 Å². The second-order valence-corrected chi connectivity index (χ2v) is 4.77. The molecule has 16 heavy (non-hydrogen) atoms. The fourth-order valence-electron chi connectivity index (χ4n) is 1.72. The van der Waals surface area contributed by atoms with Gasteiger partial charge < -0.3 is 9.64 Å². The molecule has 3 heteroatoms. The molecule has 0 spiro atoms. The summed E-state index contributed by atoms with van der Waals surface area (Å²) in [6.07, 6.45) is 4.34. The molecule has 0 aliphatic carbocycles. The van der Waals surface area contributed by atoms with Gasteiger partial charge in [-0.15, -0.1) is 0 Å². The van der Waals surface area contributed by atoms with Crippen molar-refractivity contribution in [2.75, 3.05) is 26.3 Å². The zero-order valence-electron chi connectivity index (χ0n) is 9.45. The highest BCUT2D eigenvalue weighted by Crippen LogP contribution is 2.20. The molecule has 2 rings (SSSR count). The van der Waals surface area contributed by atoms with Crippen LogP contribution in [-0.4, -0.2) is 31.2 Å². The van der Waals surface area contributed by atoms with Crippen molar-refractivity contribution >= 4 is 22.0 Å². The zero-order chi connectivity index (χ0) is 11.4. The van der Waals surface area contributed by atoms with Crippen LogP contribution in [-0.2, 0) is 4.74 Å². The summed E-state index contributed by atoms with van der Waals surface area (Å²) in [7, 11) is 0. The normalized spacial score (nSPS) is 17.0. The first-order valence-corrected chi connectivity index (χ1v) is 6.32. The molecule has 0 atom stereocenters.